The van der Waals surface area contributed by atoms with Crippen LogP contribution in [0.4, 0.5) is 0 Å². The Labute approximate surface area is 314 Å². The molecule has 0 saturated carbocycles. The van der Waals surface area contributed by atoms with Gasteiger partial charge in [0.25, 0.3) is 7.82 Å². The average molecular weight is 748 g/mol. The molecule has 0 saturated heterocycles. The van der Waals surface area contributed by atoms with E-state index in [9.17, 15) is 19.0 Å². The van der Waals surface area contributed by atoms with Gasteiger partial charge in [0.15, 0.2) is 6.10 Å². The van der Waals surface area contributed by atoms with E-state index in [-0.39, 0.29) is 32.0 Å². The second kappa shape index (κ2) is 34.8. The first-order chi connectivity index (χ1) is 24.5. The first-order valence-corrected chi connectivity index (χ1v) is 22.7. The van der Waals surface area contributed by atoms with Gasteiger partial charge in [-0.2, -0.15) is 0 Å². The van der Waals surface area contributed by atoms with E-state index in [1.807, 2.05) is 21.1 Å². The third-order valence-electron chi connectivity index (χ3n) is 9.38. The summed E-state index contributed by atoms with van der Waals surface area (Å²) in [6.45, 7) is 4.23. The summed E-state index contributed by atoms with van der Waals surface area (Å²) >= 11 is 0. The van der Waals surface area contributed by atoms with Crippen molar-refractivity contribution in [2.75, 3.05) is 47.5 Å². The molecule has 0 aromatic rings. The molecule has 304 valence electrons. The summed E-state index contributed by atoms with van der Waals surface area (Å²) in [7, 11) is 1.18. The Bertz CT molecular complexity index is 850. The van der Waals surface area contributed by atoms with E-state index in [0.717, 1.165) is 38.5 Å². The molecule has 0 radical (unpaired) electrons. The molecule has 51 heavy (non-hydrogen) atoms. The summed E-state index contributed by atoms with van der Waals surface area (Å²) in [5.41, 5.74) is 0. The van der Waals surface area contributed by atoms with E-state index in [1.165, 1.54) is 128 Å². The van der Waals surface area contributed by atoms with Crippen molar-refractivity contribution in [1.29, 1.82) is 0 Å². The molecule has 0 bridgehead atoms. The summed E-state index contributed by atoms with van der Waals surface area (Å²) in [6.07, 6.45) is 32.8. The number of unbranched alkanes of at least 4 members (excludes halogenated alkanes) is 25. The number of rotatable bonds is 39. The summed E-state index contributed by atoms with van der Waals surface area (Å²) in [4.78, 5) is 37.3. The van der Waals surface area contributed by atoms with Crippen molar-refractivity contribution in [2.45, 2.75) is 206 Å². The summed E-state index contributed by atoms with van der Waals surface area (Å²) in [5.74, 6) is -0.825. The van der Waals surface area contributed by atoms with Crippen LogP contribution in [-0.4, -0.2) is 70.0 Å². The lowest BCUT2D eigenvalue weighted by atomic mass is 10.0. The highest BCUT2D eigenvalue weighted by atomic mass is 31.2. The molecule has 0 aromatic heterocycles. The predicted molar refractivity (Wildman–Crippen MR) is 208 cm³/mol. The molecule has 0 aromatic carbocycles. The number of quaternary nitrogens is 1. The number of nitrogens with zero attached hydrogens (tertiary/aromatic N) is 1. The molecule has 0 N–H and O–H groups in total. The summed E-state index contributed by atoms with van der Waals surface area (Å²) in [5, 5.41) is 0. The lowest BCUT2D eigenvalue weighted by Crippen LogP contribution is -2.37. The Morgan fingerprint density at radius 2 is 0.882 bits per heavy atom. The highest BCUT2D eigenvalue weighted by molar-refractivity contribution is 7.45. The number of esters is 2. The number of ether oxygens (including phenoxy) is 2. The maximum Gasteiger partial charge on any atom is 0.306 e. The van der Waals surface area contributed by atoms with Crippen LogP contribution in [0.5, 0.6) is 0 Å². The van der Waals surface area contributed by atoms with Gasteiger partial charge < -0.3 is 27.9 Å². The van der Waals surface area contributed by atoms with E-state index < -0.39 is 26.5 Å². The minimum atomic E-state index is -4.61. The maximum absolute atomic E-state index is 12.6. The fourth-order valence-electron chi connectivity index (χ4n) is 6.01. The lowest BCUT2D eigenvalue weighted by molar-refractivity contribution is -0.870. The molecular weight excluding hydrogens is 665 g/mol. The van der Waals surface area contributed by atoms with Gasteiger partial charge in [-0.15, -0.1) is 0 Å². The molecule has 0 fully saturated rings. The fourth-order valence-corrected chi connectivity index (χ4v) is 6.74. The topological polar surface area (TPSA) is 111 Å². The molecule has 0 spiro atoms. The van der Waals surface area contributed by atoms with Crippen LogP contribution in [0.2, 0.25) is 0 Å². The Kier molecular flexibility index (Phi) is 34.1. The molecular formula is C41H82NO8P. The Morgan fingerprint density at radius 1 is 0.529 bits per heavy atom. The Hall–Kier alpha value is -0.990. The van der Waals surface area contributed by atoms with E-state index in [4.69, 9.17) is 18.5 Å². The van der Waals surface area contributed by atoms with Crippen LogP contribution >= 0.6 is 7.82 Å². The number of hydrogen-bond donors (Lipinski definition) is 0. The van der Waals surface area contributed by atoms with Crippen molar-refractivity contribution in [3.8, 4) is 0 Å². The van der Waals surface area contributed by atoms with E-state index >= 15 is 0 Å². The van der Waals surface area contributed by atoms with Crippen LogP contribution in [-0.2, 0) is 32.7 Å². The molecule has 1 unspecified atom stereocenters. The number of phosphoric acid groups is 1. The first-order valence-electron chi connectivity index (χ1n) is 21.2. The standard InChI is InChI=1S/C41H82NO8P/c1-6-8-10-12-14-16-17-18-19-20-21-22-23-24-26-27-29-31-33-40(43)47-37-39(38-49-51(45,46)48-36-35-42(3,4)5)50-41(44)34-32-30-28-25-15-13-11-9-7-2/h39H,6-38H2,1-5H3/t39-/m1/s1. The van der Waals surface area contributed by atoms with Gasteiger partial charge in [0.1, 0.15) is 19.8 Å². The highest BCUT2D eigenvalue weighted by Gasteiger charge is 2.21. The van der Waals surface area contributed by atoms with Gasteiger partial charge in [0.2, 0.25) is 0 Å². The smallest absolute Gasteiger partial charge is 0.306 e. The normalized spacial score (nSPS) is 13.6. The van der Waals surface area contributed by atoms with Crippen molar-refractivity contribution in [3.63, 3.8) is 0 Å². The van der Waals surface area contributed by atoms with Crippen LogP contribution < -0.4 is 4.89 Å². The molecule has 0 aliphatic rings. The molecule has 10 heteroatoms. The van der Waals surface area contributed by atoms with Crippen molar-refractivity contribution in [2.24, 2.45) is 0 Å². The van der Waals surface area contributed by atoms with Gasteiger partial charge in [0, 0.05) is 12.8 Å². The van der Waals surface area contributed by atoms with Crippen molar-refractivity contribution >= 4 is 19.8 Å². The zero-order chi connectivity index (χ0) is 37.9. The van der Waals surface area contributed by atoms with Crippen molar-refractivity contribution in [3.05, 3.63) is 0 Å². The molecule has 0 rings (SSSR count). The third-order valence-corrected chi connectivity index (χ3v) is 10.3. The van der Waals surface area contributed by atoms with Gasteiger partial charge in [-0.05, 0) is 12.8 Å². The average Bonchev–Trinajstić information content (AvgIpc) is 3.07. The molecule has 0 aliphatic carbocycles. The zero-order valence-corrected chi connectivity index (χ0v) is 35.0. The van der Waals surface area contributed by atoms with E-state index in [1.54, 1.807) is 0 Å². The number of phosphoric ester groups is 1. The second-order valence-electron chi connectivity index (χ2n) is 15.7. The van der Waals surface area contributed by atoms with E-state index in [2.05, 4.69) is 13.8 Å². The molecule has 0 aliphatic heterocycles. The molecule has 2 atom stereocenters. The lowest BCUT2D eigenvalue weighted by Gasteiger charge is -2.28. The second-order valence-corrected chi connectivity index (χ2v) is 17.1. The maximum atomic E-state index is 12.6. The predicted octanol–water partition coefficient (Wildman–Crippen LogP) is 11.0. The number of carbonyl (C=O) groups is 2. The van der Waals surface area contributed by atoms with Gasteiger partial charge in [-0.3, -0.25) is 14.2 Å². The van der Waals surface area contributed by atoms with Crippen LogP contribution in [0.15, 0.2) is 0 Å². The quantitative estimate of drug-likeness (QED) is 0.0264. The number of likely N-dealkylation sites (N-methyl/N-ethyl adjacent to an activating group) is 1. The van der Waals surface area contributed by atoms with Crippen LogP contribution in [0.3, 0.4) is 0 Å². The monoisotopic (exact) mass is 748 g/mol. The summed E-state index contributed by atoms with van der Waals surface area (Å²) in [6, 6.07) is 0. The third kappa shape index (κ3) is 38.5. The van der Waals surface area contributed by atoms with Gasteiger partial charge in [-0.25, -0.2) is 0 Å². The summed E-state index contributed by atoms with van der Waals surface area (Å²) < 4.78 is 33.8. The van der Waals surface area contributed by atoms with Crippen LogP contribution in [0, 0.1) is 0 Å². The fraction of sp³-hybridized carbons (Fsp3) is 0.951. The van der Waals surface area contributed by atoms with Crippen LogP contribution in [0.1, 0.15) is 200 Å². The molecule has 9 nitrogen and oxygen atoms in total. The molecule has 0 heterocycles. The Balaban J connectivity index is 4.23. The number of hydrogen-bond acceptors (Lipinski definition) is 8. The highest BCUT2D eigenvalue weighted by Crippen LogP contribution is 2.38. The first kappa shape index (κ1) is 50.0. The minimum Gasteiger partial charge on any atom is -0.756 e. The number of carbonyl (C=O) groups excluding carboxylic acids is 2. The van der Waals surface area contributed by atoms with Crippen molar-refractivity contribution < 1.29 is 42.1 Å². The van der Waals surface area contributed by atoms with E-state index in [0.29, 0.717) is 17.4 Å². The Morgan fingerprint density at radius 3 is 1.25 bits per heavy atom. The van der Waals surface area contributed by atoms with Gasteiger partial charge in [0.05, 0.1) is 27.7 Å². The molecule has 0 amide bonds. The van der Waals surface area contributed by atoms with Crippen molar-refractivity contribution in [1.82, 2.24) is 0 Å². The van der Waals surface area contributed by atoms with Crippen LogP contribution in [0.25, 0.3) is 0 Å². The van der Waals surface area contributed by atoms with Gasteiger partial charge >= 0.3 is 11.9 Å². The largest absolute Gasteiger partial charge is 0.756 e. The zero-order valence-electron chi connectivity index (χ0n) is 34.1. The van der Waals surface area contributed by atoms with Gasteiger partial charge in [-0.1, -0.05) is 174 Å². The minimum absolute atomic E-state index is 0.0261. The SMILES string of the molecule is CCCCCCCCCCCCCCCCCCCCC(=O)OC[C@H](COP(=O)([O-])OCC[N+](C)(C)C)OC(=O)CCCCCCCCCCC.